The summed E-state index contributed by atoms with van der Waals surface area (Å²) in [6.45, 7) is 3.26. The van der Waals surface area contributed by atoms with E-state index in [9.17, 15) is 29.3 Å². The van der Waals surface area contributed by atoms with E-state index in [-0.39, 0.29) is 53.5 Å². The van der Waals surface area contributed by atoms with Crippen molar-refractivity contribution in [1.82, 2.24) is 0 Å². The second-order valence-corrected chi connectivity index (χ2v) is 8.31. The van der Waals surface area contributed by atoms with Gasteiger partial charge < -0.3 is 28.4 Å². The minimum Gasteiger partial charge on any atom is -0.493 e. The lowest BCUT2D eigenvalue weighted by Crippen LogP contribution is -2.07. The third-order valence-electron chi connectivity index (χ3n) is 5.45. The number of carbonyl (C=O) groups is 4. The van der Waals surface area contributed by atoms with Gasteiger partial charge in [0.2, 0.25) is 0 Å². The van der Waals surface area contributed by atoms with Gasteiger partial charge in [-0.25, -0.2) is 0 Å². The molecule has 0 aliphatic heterocycles. The quantitative estimate of drug-likeness (QED) is 0.0965. The monoisotopic (exact) mass is 577 g/mol. The van der Waals surface area contributed by atoms with E-state index in [1.54, 1.807) is 18.2 Å². The largest absolute Gasteiger partial charge is 0.493 e. The van der Waals surface area contributed by atoms with Crippen LogP contribution in [0, 0.1) is 10.1 Å². The molecule has 0 bridgehead atoms. The smallest absolute Gasteiger partial charge is 0.305 e. The maximum Gasteiger partial charge on any atom is 0.305 e. The lowest BCUT2D eigenvalue weighted by Gasteiger charge is -2.11. The Hall–Kier alpha value is -4.68. The molecule has 2 aromatic rings. The molecular formula is C28H35NO12. The second-order valence-electron chi connectivity index (χ2n) is 8.31. The summed E-state index contributed by atoms with van der Waals surface area (Å²) in [7, 11) is 5.52. The van der Waals surface area contributed by atoms with Gasteiger partial charge in [0.1, 0.15) is 0 Å². The summed E-state index contributed by atoms with van der Waals surface area (Å²) in [5.74, 6) is 0.315. The average Bonchev–Trinajstić information content (AvgIpc) is 2.96. The van der Waals surface area contributed by atoms with Gasteiger partial charge in [0, 0.05) is 24.5 Å². The van der Waals surface area contributed by atoms with Crippen LogP contribution in [0.2, 0.25) is 0 Å². The van der Waals surface area contributed by atoms with Crippen LogP contribution in [0.15, 0.2) is 30.3 Å². The predicted octanol–water partition coefficient (Wildman–Crippen LogP) is 4.37. The molecule has 0 N–H and O–H groups in total. The summed E-state index contributed by atoms with van der Waals surface area (Å²) in [4.78, 5) is 55.0. The fourth-order valence-electron chi connectivity index (χ4n) is 3.26. The predicted molar refractivity (Wildman–Crippen MR) is 146 cm³/mol. The summed E-state index contributed by atoms with van der Waals surface area (Å²) < 4.78 is 30.2. The van der Waals surface area contributed by atoms with Crippen molar-refractivity contribution in [3.63, 3.8) is 0 Å². The van der Waals surface area contributed by atoms with E-state index in [4.69, 9.17) is 18.9 Å². The molecule has 0 atom stereocenters. The summed E-state index contributed by atoms with van der Waals surface area (Å²) in [6, 6.07) is 7.43. The first-order chi connectivity index (χ1) is 19.5. The first kappa shape index (κ1) is 34.3. The van der Waals surface area contributed by atoms with Crippen LogP contribution in [0.5, 0.6) is 23.0 Å². The van der Waals surface area contributed by atoms with Crippen LogP contribution in [0.3, 0.4) is 0 Å². The molecule has 0 aromatic heterocycles. The number of nitro groups is 1. The molecule has 13 nitrogen and oxygen atoms in total. The highest BCUT2D eigenvalue weighted by Crippen LogP contribution is 2.35. The van der Waals surface area contributed by atoms with Gasteiger partial charge >= 0.3 is 11.9 Å². The third-order valence-corrected chi connectivity index (χ3v) is 5.45. The molecule has 0 saturated heterocycles. The van der Waals surface area contributed by atoms with Crippen LogP contribution in [0.25, 0.3) is 0 Å². The highest BCUT2D eigenvalue weighted by Gasteiger charge is 2.22. The zero-order valence-electron chi connectivity index (χ0n) is 24.0. The van der Waals surface area contributed by atoms with Crippen molar-refractivity contribution in [3.05, 3.63) is 51.6 Å². The molecule has 224 valence electrons. The number of nitro benzene ring substituents is 1. The average molecular weight is 578 g/mol. The topological polar surface area (TPSA) is 167 Å². The van der Waals surface area contributed by atoms with E-state index in [2.05, 4.69) is 9.47 Å². The lowest BCUT2D eigenvalue weighted by molar-refractivity contribution is -0.385. The maximum atomic E-state index is 11.5. The van der Waals surface area contributed by atoms with Crippen LogP contribution in [-0.4, -0.2) is 70.1 Å². The van der Waals surface area contributed by atoms with E-state index < -0.39 is 10.7 Å². The van der Waals surface area contributed by atoms with E-state index in [0.29, 0.717) is 42.9 Å². The van der Waals surface area contributed by atoms with E-state index >= 15 is 0 Å². The lowest BCUT2D eigenvalue weighted by atomic mass is 10.1. The first-order valence-electron chi connectivity index (χ1n) is 12.4. The molecule has 2 aromatic carbocycles. The number of Topliss-reactive ketones (excluding diaryl/α,β-unsaturated/α-hetero) is 2. The molecule has 41 heavy (non-hydrogen) atoms. The fourth-order valence-corrected chi connectivity index (χ4v) is 3.26. The Kier molecular flexibility index (Phi) is 14.9. The Morgan fingerprint density at radius 2 is 1.22 bits per heavy atom. The van der Waals surface area contributed by atoms with Crippen LogP contribution >= 0.6 is 0 Å². The number of ketones is 2. The van der Waals surface area contributed by atoms with Gasteiger partial charge in [0.05, 0.1) is 58.2 Å². The van der Waals surface area contributed by atoms with Crippen LogP contribution in [0.4, 0.5) is 5.69 Å². The molecule has 0 heterocycles. The number of benzene rings is 2. The molecule has 0 spiro atoms. The zero-order valence-corrected chi connectivity index (χ0v) is 24.0. The molecule has 0 aliphatic carbocycles. The van der Waals surface area contributed by atoms with Crippen molar-refractivity contribution in [2.75, 3.05) is 41.7 Å². The van der Waals surface area contributed by atoms with Gasteiger partial charge in [-0.3, -0.25) is 29.3 Å². The van der Waals surface area contributed by atoms with Crippen molar-refractivity contribution in [2.45, 2.75) is 39.5 Å². The number of carbonyl (C=O) groups excluding carboxylic acids is 4. The normalized spacial score (nSPS) is 9.90. The van der Waals surface area contributed by atoms with Gasteiger partial charge in [-0.15, -0.1) is 0 Å². The van der Waals surface area contributed by atoms with Gasteiger partial charge in [-0.1, -0.05) is 0 Å². The summed E-state index contributed by atoms with van der Waals surface area (Å²) in [6.07, 6.45) is 1.43. The van der Waals surface area contributed by atoms with Gasteiger partial charge in [0.15, 0.2) is 34.6 Å². The Labute approximate surface area is 237 Å². The van der Waals surface area contributed by atoms with E-state index in [1.807, 2.05) is 0 Å². The Bertz CT molecular complexity index is 1220. The second kappa shape index (κ2) is 17.8. The Morgan fingerprint density at radius 3 is 1.66 bits per heavy atom. The molecule has 0 saturated carbocycles. The number of hydrogen-bond donors (Lipinski definition) is 0. The van der Waals surface area contributed by atoms with Crippen LogP contribution in [-0.2, 0) is 19.1 Å². The van der Waals surface area contributed by atoms with Crippen molar-refractivity contribution in [2.24, 2.45) is 0 Å². The number of ether oxygens (including phenoxy) is 6. The SMILES string of the molecule is COC(=O)CCCOc1cc([N+](=O)[O-])c(C(C)=O)cc1OC.COC(=O)CCCOc1ccc(C(C)=O)cc1OC. The van der Waals surface area contributed by atoms with Gasteiger partial charge in [-0.2, -0.15) is 0 Å². The summed E-state index contributed by atoms with van der Waals surface area (Å²) in [5.41, 5.74) is 0.166. The molecule has 2 rings (SSSR count). The standard InChI is InChI=1S/C14H17NO7.C14H18O5/c1-9(16)10-7-12(20-2)13(8-11(10)15(18)19)22-6-4-5-14(17)21-3;1-10(15)11-6-7-12(13(9-11)17-2)19-8-4-5-14(16)18-3/h7-8H,4-6H2,1-3H3;6-7,9H,4-5,8H2,1-3H3. The number of hydrogen-bond acceptors (Lipinski definition) is 12. The molecule has 0 aliphatic rings. The van der Waals surface area contributed by atoms with Gasteiger partial charge in [-0.05, 0) is 44.9 Å². The van der Waals surface area contributed by atoms with Crippen molar-refractivity contribution in [3.8, 4) is 23.0 Å². The summed E-state index contributed by atoms with van der Waals surface area (Å²) >= 11 is 0. The molecule has 0 radical (unpaired) electrons. The van der Waals surface area contributed by atoms with Crippen molar-refractivity contribution < 1.29 is 52.5 Å². The minimum atomic E-state index is -0.655. The fraction of sp³-hybridized carbons (Fsp3) is 0.429. The molecule has 0 amide bonds. The van der Waals surface area contributed by atoms with Crippen LogP contribution in [0.1, 0.15) is 60.2 Å². The highest BCUT2D eigenvalue weighted by atomic mass is 16.6. The van der Waals surface area contributed by atoms with Gasteiger partial charge in [0.25, 0.3) is 5.69 Å². The highest BCUT2D eigenvalue weighted by molar-refractivity contribution is 5.99. The maximum absolute atomic E-state index is 11.5. The molecular weight excluding hydrogens is 542 g/mol. The van der Waals surface area contributed by atoms with E-state index in [0.717, 1.165) is 6.07 Å². The van der Waals surface area contributed by atoms with Crippen LogP contribution < -0.4 is 18.9 Å². The Morgan fingerprint density at radius 1 is 0.707 bits per heavy atom. The summed E-state index contributed by atoms with van der Waals surface area (Å²) in [5, 5.41) is 11.0. The minimum absolute atomic E-state index is 0.0319. The number of rotatable bonds is 15. The Balaban J connectivity index is 0.000000414. The molecule has 0 unspecified atom stereocenters. The first-order valence-corrected chi connectivity index (χ1v) is 12.4. The van der Waals surface area contributed by atoms with Crippen molar-refractivity contribution in [1.29, 1.82) is 0 Å². The van der Waals surface area contributed by atoms with E-state index in [1.165, 1.54) is 48.4 Å². The third kappa shape index (κ3) is 11.5. The molecule has 13 heteroatoms. The number of methoxy groups -OCH3 is 4. The number of nitrogens with zero attached hydrogens (tertiary/aromatic N) is 1. The molecule has 0 fully saturated rings. The number of esters is 2. The zero-order chi connectivity index (χ0) is 30.9. The van der Waals surface area contributed by atoms with Crippen molar-refractivity contribution >= 4 is 29.2 Å².